The van der Waals surface area contributed by atoms with Gasteiger partial charge in [0.1, 0.15) is 11.9 Å². The molecular weight excluding hydrogens is 283 g/mol. The molecule has 1 aliphatic rings. The van der Waals surface area contributed by atoms with E-state index in [1.807, 2.05) is 19.1 Å². The first-order valence-electron chi connectivity index (χ1n) is 7.00. The average molecular weight is 298 g/mol. The van der Waals surface area contributed by atoms with E-state index in [-0.39, 0.29) is 24.1 Å². The molecule has 3 rings (SSSR count). The molecule has 1 unspecified atom stereocenters. The third-order valence-corrected chi connectivity index (χ3v) is 3.62. The normalized spacial score (nSPS) is 17.9. The zero-order valence-corrected chi connectivity index (χ0v) is 12.0. The second-order valence-electron chi connectivity index (χ2n) is 5.31. The molecule has 0 spiro atoms. The molecule has 2 amide bonds. The largest absolute Gasteiger partial charge is 0.373 e. The Morgan fingerprint density at radius 2 is 1.68 bits per heavy atom. The number of nitrogens with one attached hydrogen (secondary N) is 1. The zero-order chi connectivity index (χ0) is 15.7. The predicted molar refractivity (Wildman–Crippen MR) is 82.1 cm³/mol. The van der Waals surface area contributed by atoms with Gasteiger partial charge in [-0.1, -0.05) is 17.7 Å². The van der Waals surface area contributed by atoms with E-state index in [0.29, 0.717) is 11.4 Å². The number of nitrogens with zero attached hydrogens (tertiary/aromatic N) is 1. The number of hydrogen-bond donors (Lipinski definition) is 1. The number of rotatable bonds is 3. The molecule has 5 heteroatoms. The molecule has 4 nitrogen and oxygen atoms in total. The summed E-state index contributed by atoms with van der Waals surface area (Å²) in [5.74, 6) is -0.882. The Kier molecular flexibility index (Phi) is 3.63. The van der Waals surface area contributed by atoms with E-state index >= 15 is 0 Å². The Hall–Kier alpha value is -2.69. The number of carbonyl (C=O) groups excluding carboxylic acids is 2. The molecule has 2 aromatic rings. The minimum Gasteiger partial charge on any atom is -0.373 e. The first kappa shape index (κ1) is 14.3. The van der Waals surface area contributed by atoms with E-state index in [4.69, 9.17) is 0 Å². The fourth-order valence-electron chi connectivity index (χ4n) is 2.46. The number of imide groups is 1. The quantitative estimate of drug-likeness (QED) is 0.886. The fourth-order valence-corrected chi connectivity index (χ4v) is 2.46. The lowest BCUT2D eigenvalue weighted by Crippen LogP contribution is -2.34. The fraction of sp³-hybridized carbons (Fsp3) is 0.176. The highest BCUT2D eigenvalue weighted by Gasteiger charge is 2.39. The zero-order valence-electron chi connectivity index (χ0n) is 12.0. The molecule has 2 aromatic carbocycles. The summed E-state index contributed by atoms with van der Waals surface area (Å²) in [6, 6.07) is 12.3. The summed E-state index contributed by atoms with van der Waals surface area (Å²) in [7, 11) is 0. The van der Waals surface area contributed by atoms with Gasteiger partial charge >= 0.3 is 0 Å². The van der Waals surface area contributed by atoms with E-state index in [9.17, 15) is 14.0 Å². The van der Waals surface area contributed by atoms with Crippen LogP contribution in [0.3, 0.4) is 0 Å². The van der Waals surface area contributed by atoms with Gasteiger partial charge in [-0.3, -0.25) is 9.59 Å². The van der Waals surface area contributed by atoms with Crippen LogP contribution in [0.5, 0.6) is 0 Å². The van der Waals surface area contributed by atoms with Crippen molar-refractivity contribution < 1.29 is 14.0 Å². The van der Waals surface area contributed by atoms with Crippen molar-refractivity contribution in [3.63, 3.8) is 0 Å². The van der Waals surface area contributed by atoms with Crippen molar-refractivity contribution >= 4 is 23.2 Å². The topological polar surface area (TPSA) is 49.4 Å². The maximum atomic E-state index is 12.9. The molecule has 112 valence electrons. The monoisotopic (exact) mass is 298 g/mol. The smallest absolute Gasteiger partial charge is 0.256 e. The molecule has 1 N–H and O–H groups in total. The van der Waals surface area contributed by atoms with E-state index in [2.05, 4.69) is 5.32 Å². The minimum atomic E-state index is -0.626. The van der Waals surface area contributed by atoms with Gasteiger partial charge in [0.15, 0.2) is 0 Å². The van der Waals surface area contributed by atoms with Gasteiger partial charge in [0.25, 0.3) is 5.91 Å². The highest BCUT2D eigenvalue weighted by Crippen LogP contribution is 2.25. The van der Waals surface area contributed by atoms with E-state index in [1.54, 1.807) is 24.3 Å². The first-order chi connectivity index (χ1) is 10.5. The SMILES string of the molecule is Cc1ccc(N2C(=O)CC(Nc3ccc(F)cc3)C2=O)cc1. The van der Waals surface area contributed by atoms with Crippen LogP contribution in [0, 0.1) is 12.7 Å². The summed E-state index contributed by atoms with van der Waals surface area (Å²) in [4.78, 5) is 25.8. The molecule has 0 aromatic heterocycles. The molecule has 22 heavy (non-hydrogen) atoms. The van der Waals surface area contributed by atoms with Crippen LogP contribution in [0.4, 0.5) is 15.8 Å². The highest BCUT2D eigenvalue weighted by atomic mass is 19.1. The standard InChI is InChI=1S/C17H15FN2O2/c1-11-2-8-14(9-3-11)20-16(21)10-15(17(20)22)19-13-6-4-12(18)5-7-13/h2-9,15,19H,10H2,1H3. The summed E-state index contributed by atoms with van der Waals surface area (Å²) in [5, 5.41) is 2.98. The number of carbonyl (C=O) groups is 2. The molecule has 0 saturated carbocycles. The van der Waals surface area contributed by atoms with Crippen LogP contribution in [0.1, 0.15) is 12.0 Å². The summed E-state index contributed by atoms with van der Waals surface area (Å²) in [6.45, 7) is 1.94. The molecule has 0 bridgehead atoms. The Morgan fingerprint density at radius 3 is 2.32 bits per heavy atom. The van der Waals surface area contributed by atoms with Gasteiger partial charge in [-0.25, -0.2) is 9.29 Å². The molecule has 1 heterocycles. The van der Waals surface area contributed by atoms with Crippen LogP contribution in [-0.2, 0) is 9.59 Å². The van der Waals surface area contributed by atoms with Crippen LogP contribution in [0.2, 0.25) is 0 Å². The van der Waals surface area contributed by atoms with Gasteiger partial charge in [0.2, 0.25) is 5.91 Å². The van der Waals surface area contributed by atoms with Crippen LogP contribution in [0.25, 0.3) is 0 Å². The van der Waals surface area contributed by atoms with E-state index < -0.39 is 6.04 Å². The van der Waals surface area contributed by atoms with Gasteiger partial charge in [-0.2, -0.15) is 0 Å². The van der Waals surface area contributed by atoms with Gasteiger partial charge in [-0.05, 0) is 43.3 Å². The van der Waals surface area contributed by atoms with E-state index in [0.717, 1.165) is 5.56 Å². The van der Waals surface area contributed by atoms with Crippen LogP contribution in [0.15, 0.2) is 48.5 Å². The van der Waals surface area contributed by atoms with Gasteiger partial charge in [0.05, 0.1) is 12.1 Å². The summed E-state index contributed by atoms with van der Waals surface area (Å²) < 4.78 is 12.9. The van der Waals surface area contributed by atoms with Crippen molar-refractivity contribution in [3.05, 3.63) is 59.9 Å². The number of halogens is 1. The van der Waals surface area contributed by atoms with Gasteiger partial charge < -0.3 is 5.32 Å². The van der Waals surface area contributed by atoms with Crippen molar-refractivity contribution in [3.8, 4) is 0 Å². The van der Waals surface area contributed by atoms with Crippen LogP contribution in [-0.4, -0.2) is 17.9 Å². The summed E-state index contributed by atoms with van der Waals surface area (Å²) in [6.07, 6.45) is 0.0874. The Morgan fingerprint density at radius 1 is 1.05 bits per heavy atom. The lowest BCUT2D eigenvalue weighted by molar-refractivity contribution is -0.121. The van der Waals surface area contributed by atoms with Crippen molar-refractivity contribution in [2.45, 2.75) is 19.4 Å². The average Bonchev–Trinajstić information content (AvgIpc) is 2.77. The third-order valence-electron chi connectivity index (χ3n) is 3.62. The highest BCUT2D eigenvalue weighted by molar-refractivity contribution is 6.23. The Balaban J connectivity index is 1.79. The van der Waals surface area contributed by atoms with Gasteiger partial charge in [0, 0.05) is 5.69 Å². The number of anilines is 2. The summed E-state index contributed by atoms with van der Waals surface area (Å²) in [5.41, 5.74) is 2.24. The second kappa shape index (κ2) is 5.60. The van der Waals surface area contributed by atoms with Crippen LogP contribution >= 0.6 is 0 Å². The maximum absolute atomic E-state index is 12.9. The Labute approximate surface area is 127 Å². The van der Waals surface area contributed by atoms with Crippen molar-refractivity contribution in [2.75, 3.05) is 10.2 Å². The minimum absolute atomic E-state index is 0.0874. The van der Waals surface area contributed by atoms with Crippen molar-refractivity contribution in [1.29, 1.82) is 0 Å². The number of amides is 2. The lowest BCUT2D eigenvalue weighted by Gasteiger charge is -2.16. The molecule has 1 saturated heterocycles. The molecule has 1 atom stereocenters. The second-order valence-corrected chi connectivity index (χ2v) is 5.31. The first-order valence-corrected chi connectivity index (χ1v) is 7.00. The third kappa shape index (κ3) is 2.70. The molecule has 1 fully saturated rings. The maximum Gasteiger partial charge on any atom is 0.256 e. The predicted octanol–water partition coefficient (Wildman–Crippen LogP) is 2.88. The Bertz CT molecular complexity index is 710. The number of benzene rings is 2. The molecule has 1 aliphatic heterocycles. The number of aryl methyl sites for hydroxylation is 1. The van der Waals surface area contributed by atoms with Crippen molar-refractivity contribution in [2.24, 2.45) is 0 Å². The molecular formula is C17H15FN2O2. The molecule has 0 radical (unpaired) electrons. The van der Waals surface area contributed by atoms with Crippen LogP contribution < -0.4 is 10.2 Å². The number of hydrogen-bond acceptors (Lipinski definition) is 3. The van der Waals surface area contributed by atoms with Crippen molar-refractivity contribution in [1.82, 2.24) is 0 Å². The molecule has 0 aliphatic carbocycles. The van der Waals surface area contributed by atoms with Gasteiger partial charge in [-0.15, -0.1) is 0 Å². The summed E-state index contributed by atoms with van der Waals surface area (Å²) >= 11 is 0. The van der Waals surface area contributed by atoms with E-state index in [1.165, 1.54) is 17.0 Å². The lowest BCUT2D eigenvalue weighted by atomic mass is 10.2.